The molecule has 1 aliphatic rings. The number of carbonyl (C=O) groups excluding carboxylic acids is 1. The molecular formula is C24H18BrNO4. The molecule has 0 unspecified atom stereocenters. The van der Waals surface area contributed by atoms with Crippen molar-refractivity contribution in [1.29, 1.82) is 0 Å². The van der Waals surface area contributed by atoms with Gasteiger partial charge in [0.25, 0.3) is 0 Å². The molecule has 30 heavy (non-hydrogen) atoms. The Morgan fingerprint density at radius 3 is 2.53 bits per heavy atom. The molecule has 0 amide bonds. The van der Waals surface area contributed by atoms with E-state index in [4.69, 9.17) is 14.2 Å². The van der Waals surface area contributed by atoms with Crippen LogP contribution >= 0.6 is 15.9 Å². The van der Waals surface area contributed by atoms with Crippen molar-refractivity contribution in [2.24, 2.45) is 4.99 Å². The Morgan fingerprint density at radius 1 is 1.00 bits per heavy atom. The molecule has 0 fully saturated rings. The molecule has 0 spiro atoms. The van der Waals surface area contributed by atoms with Gasteiger partial charge < -0.3 is 14.2 Å². The van der Waals surface area contributed by atoms with Gasteiger partial charge in [-0.2, -0.15) is 0 Å². The van der Waals surface area contributed by atoms with Crippen LogP contribution in [0.4, 0.5) is 0 Å². The Morgan fingerprint density at radius 2 is 1.77 bits per heavy atom. The first-order chi connectivity index (χ1) is 14.6. The monoisotopic (exact) mass is 463 g/mol. The highest BCUT2D eigenvalue weighted by Crippen LogP contribution is 2.31. The van der Waals surface area contributed by atoms with E-state index in [1.165, 1.54) is 0 Å². The first-order valence-corrected chi connectivity index (χ1v) is 10.1. The third kappa shape index (κ3) is 4.44. The number of aliphatic imine (C=N–C) groups is 1. The van der Waals surface area contributed by atoms with Gasteiger partial charge in [-0.05, 0) is 42.0 Å². The Bertz CT molecular complexity index is 1140. The molecular weight excluding hydrogens is 446 g/mol. The average Bonchev–Trinajstić information content (AvgIpc) is 3.14. The van der Waals surface area contributed by atoms with E-state index in [0.29, 0.717) is 24.0 Å². The minimum atomic E-state index is -0.484. The van der Waals surface area contributed by atoms with Gasteiger partial charge in [-0.25, -0.2) is 9.79 Å². The van der Waals surface area contributed by atoms with Crippen LogP contribution in [0.2, 0.25) is 0 Å². The lowest BCUT2D eigenvalue weighted by Gasteiger charge is -2.12. The number of halogens is 1. The molecule has 1 heterocycles. The van der Waals surface area contributed by atoms with E-state index in [1.807, 2.05) is 66.7 Å². The summed E-state index contributed by atoms with van der Waals surface area (Å²) < 4.78 is 17.7. The zero-order chi connectivity index (χ0) is 20.9. The van der Waals surface area contributed by atoms with E-state index >= 15 is 0 Å². The highest BCUT2D eigenvalue weighted by molar-refractivity contribution is 9.10. The first kappa shape index (κ1) is 19.9. The second-order valence-electron chi connectivity index (χ2n) is 6.49. The fourth-order valence-electron chi connectivity index (χ4n) is 2.94. The van der Waals surface area contributed by atoms with Gasteiger partial charge in [0.15, 0.2) is 17.2 Å². The van der Waals surface area contributed by atoms with Crippen LogP contribution in [0.3, 0.4) is 0 Å². The second kappa shape index (κ2) is 8.97. The normalized spacial score (nSPS) is 14.4. The third-order valence-electron chi connectivity index (χ3n) is 4.47. The number of benzene rings is 3. The molecule has 0 radical (unpaired) electrons. The summed E-state index contributed by atoms with van der Waals surface area (Å²) in [6.45, 7) is 0.398. The number of cyclic esters (lactones) is 1. The molecule has 5 nitrogen and oxygen atoms in total. The summed E-state index contributed by atoms with van der Waals surface area (Å²) in [5.74, 6) is 0.988. The van der Waals surface area contributed by atoms with E-state index in [1.54, 1.807) is 19.3 Å². The summed E-state index contributed by atoms with van der Waals surface area (Å²) >= 11 is 3.52. The summed E-state index contributed by atoms with van der Waals surface area (Å²) in [5.41, 5.74) is 2.77. The number of nitrogens with zero attached hydrogens (tertiary/aromatic N) is 1. The van der Waals surface area contributed by atoms with Gasteiger partial charge in [0.05, 0.1) is 7.11 Å². The largest absolute Gasteiger partial charge is 0.493 e. The van der Waals surface area contributed by atoms with E-state index in [0.717, 1.165) is 21.2 Å². The van der Waals surface area contributed by atoms with Crippen molar-refractivity contribution in [3.05, 3.63) is 99.7 Å². The molecule has 0 bridgehead atoms. The van der Waals surface area contributed by atoms with E-state index in [2.05, 4.69) is 20.9 Å². The molecule has 150 valence electrons. The van der Waals surface area contributed by atoms with Crippen LogP contribution in [0, 0.1) is 0 Å². The van der Waals surface area contributed by atoms with Crippen LogP contribution in [0.15, 0.2) is 88.0 Å². The van der Waals surface area contributed by atoms with Crippen LogP contribution < -0.4 is 9.47 Å². The van der Waals surface area contributed by atoms with Crippen LogP contribution in [0.1, 0.15) is 16.7 Å². The Kier molecular flexibility index (Phi) is 5.95. The fraction of sp³-hybridized carbons (Fsp3) is 0.0833. The summed E-state index contributed by atoms with van der Waals surface area (Å²) in [5, 5.41) is 0. The number of rotatable bonds is 6. The Labute approximate surface area is 182 Å². The van der Waals surface area contributed by atoms with Gasteiger partial charge in [0.2, 0.25) is 5.90 Å². The maximum absolute atomic E-state index is 12.2. The molecule has 0 aromatic heterocycles. The summed E-state index contributed by atoms with van der Waals surface area (Å²) in [6.07, 6.45) is 1.67. The zero-order valence-corrected chi connectivity index (χ0v) is 17.8. The predicted octanol–water partition coefficient (Wildman–Crippen LogP) is 5.38. The highest BCUT2D eigenvalue weighted by Gasteiger charge is 2.24. The topological polar surface area (TPSA) is 57.1 Å². The average molecular weight is 464 g/mol. The maximum Gasteiger partial charge on any atom is 0.363 e. The van der Waals surface area contributed by atoms with Crippen molar-refractivity contribution in [2.75, 3.05) is 7.11 Å². The number of esters is 1. The standard InChI is InChI=1S/C24H18BrNO4/c1-28-22-14-16(11-12-21(22)29-15-18-9-5-6-10-19(18)25)13-20-24(27)30-23(26-20)17-7-3-2-4-8-17/h2-14H,15H2,1H3/b20-13-. The summed E-state index contributed by atoms with van der Waals surface area (Å²) in [4.78, 5) is 16.5. The molecule has 0 saturated carbocycles. The lowest BCUT2D eigenvalue weighted by molar-refractivity contribution is -0.129. The maximum atomic E-state index is 12.2. The zero-order valence-electron chi connectivity index (χ0n) is 16.2. The number of methoxy groups -OCH3 is 1. The van der Waals surface area contributed by atoms with E-state index in [-0.39, 0.29) is 5.70 Å². The summed E-state index contributed by atoms with van der Waals surface area (Å²) in [7, 11) is 1.58. The van der Waals surface area contributed by atoms with E-state index in [9.17, 15) is 4.79 Å². The van der Waals surface area contributed by atoms with Gasteiger partial charge >= 0.3 is 5.97 Å². The molecule has 3 aromatic rings. The van der Waals surface area contributed by atoms with Gasteiger partial charge in [-0.1, -0.05) is 58.4 Å². The van der Waals surface area contributed by atoms with Crippen molar-refractivity contribution in [2.45, 2.75) is 6.61 Å². The third-order valence-corrected chi connectivity index (χ3v) is 5.25. The lowest BCUT2D eigenvalue weighted by atomic mass is 10.1. The van der Waals surface area contributed by atoms with Crippen molar-refractivity contribution < 1.29 is 19.0 Å². The van der Waals surface area contributed by atoms with E-state index < -0.39 is 5.97 Å². The highest BCUT2D eigenvalue weighted by atomic mass is 79.9. The predicted molar refractivity (Wildman–Crippen MR) is 119 cm³/mol. The SMILES string of the molecule is COc1cc(/C=C2\N=C(c3ccccc3)OC2=O)ccc1OCc1ccccc1Br. The Hall–Kier alpha value is -3.38. The quantitative estimate of drug-likeness (QED) is 0.363. The van der Waals surface area contributed by atoms with Crippen LogP contribution in [-0.2, 0) is 16.1 Å². The van der Waals surface area contributed by atoms with Crippen molar-refractivity contribution in [1.82, 2.24) is 0 Å². The molecule has 0 aliphatic carbocycles. The molecule has 1 aliphatic heterocycles. The fourth-order valence-corrected chi connectivity index (χ4v) is 3.33. The van der Waals surface area contributed by atoms with Crippen LogP contribution in [0.5, 0.6) is 11.5 Å². The molecule has 3 aromatic carbocycles. The smallest absolute Gasteiger partial charge is 0.363 e. The van der Waals surface area contributed by atoms with Crippen molar-refractivity contribution in [3.63, 3.8) is 0 Å². The number of hydrogen-bond acceptors (Lipinski definition) is 5. The lowest BCUT2D eigenvalue weighted by Crippen LogP contribution is -2.04. The number of ether oxygens (including phenoxy) is 3. The van der Waals surface area contributed by atoms with Crippen LogP contribution in [-0.4, -0.2) is 19.0 Å². The molecule has 4 rings (SSSR count). The van der Waals surface area contributed by atoms with Crippen LogP contribution in [0.25, 0.3) is 6.08 Å². The molecule has 0 saturated heterocycles. The van der Waals surface area contributed by atoms with Gasteiger partial charge in [0.1, 0.15) is 6.61 Å². The van der Waals surface area contributed by atoms with Crippen molar-refractivity contribution in [3.8, 4) is 11.5 Å². The first-order valence-electron chi connectivity index (χ1n) is 9.26. The van der Waals surface area contributed by atoms with Gasteiger partial charge in [-0.3, -0.25) is 0 Å². The van der Waals surface area contributed by atoms with Gasteiger partial charge in [0, 0.05) is 15.6 Å². The second-order valence-corrected chi connectivity index (χ2v) is 7.35. The van der Waals surface area contributed by atoms with Crippen molar-refractivity contribution >= 4 is 33.9 Å². The molecule has 0 atom stereocenters. The van der Waals surface area contributed by atoms with Gasteiger partial charge in [-0.15, -0.1) is 0 Å². The minimum absolute atomic E-state index is 0.234. The molecule has 6 heteroatoms. The Balaban J connectivity index is 1.55. The number of carbonyl (C=O) groups is 1. The molecule has 0 N–H and O–H groups in total. The number of hydrogen-bond donors (Lipinski definition) is 0. The minimum Gasteiger partial charge on any atom is -0.493 e. The summed E-state index contributed by atoms with van der Waals surface area (Å²) in [6, 6.07) is 22.6.